The lowest BCUT2D eigenvalue weighted by atomic mass is 10.0. The number of aromatic nitrogens is 2. The summed E-state index contributed by atoms with van der Waals surface area (Å²) in [7, 11) is 0. The fourth-order valence-corrected chi connectivity index (χ4v) is 2.09. The predicted molar refractivity (Wildman–Crippen MR) is 84.9 cm³/mol. The van der Waals surface area contributed by atoms with Crippen molar-refractivity contribution >= 4 is 12.4 Å². The highest BCUT2D eigenvalue weighted by molar-refractivity contribution is 5.85. The van der Waals surface area contributed by atoms with Crippen LogP contribution in [0.5, 0.6) is 0 Å². The molecule has 100 valence electrons. The molecule has 0 spiro atoms. The second-order valence-corrected chi connectivity index (χ2v) is 4.45. The Kier molecular flexibility index (Phi) is 4.49. The zero-order valence-electron chi connectivity index (χ0n) is 11.2. The Labute approximate surface area is 125 Å². The van der Waals surface area contributed by atoms with Crippen LogP contribution in [-0.4, -0.2) is 9.97 Å². The Balaban J connectivity index is 0.00000147. The quantitative estimate of drug-likeness (QED) is 0.689. The summed E-state index contributed by atoms with van der Waals surface area (Å²) in [6.45, 7) is 1.99. The summed E-state index contributed by atoms with van der Waals surface area (Å²) in [5.74, 6) is 0. The number of hydrogen-bond acceptors (Lipinski definition) is 2. The molecule has 0 amide bonds. The minimum atomic E-state index is 0. The van der Waals surface area contributed by atoms with Gasteiger partial charge in [0.2, 0.25) is 0 Å². The van der Waals surface area contributed by atoms with Gasteiger partial charge in [0.15, 0.2) is 0 Å². The Morgan fingerprint density at radius 2 is 1.55 bits per heavy atom. The van der Waals surface area contributed by atoms with E-state index in [4.69, 9.17) is 0 Å². The fraction of sp³-hybridized carbons (Fsp3) is 0.0588. The van der Waals surface area contributed by atoms with Crippen LogP contribution in [0.4, 0.5) is 0 Å². The lowest BCUT2D eigenvalue weighted by Crippen LogP contribution is -1.90. The summed E-state index contributed by atoms with van der Waals surface area (Å²) >= 11 is 0. The van der Waals surface area contributed by atoms with E-state index >= 15 is 0 Å². The molecule has 0 N–H and O–H groups in total. The molecular weight excluding hydrogens is 268 g/mol. The molecule has 3 heteroatoms. The van der Waals surface area contributed by atoms with Crippen LogP contribution in [0.3, 0.4) is 0 Å². The Morgan fingerprint density at radius 3 is 2.25 bits per heavy atom. The maximum atomic E-state index is 4.51. The molecule has 2 nitrogen and oxygen atoms in total. The number of aryl methyl sites for hydroxylation is 1. The average molecular weight is 283 g/mol. The molecule has 0 saturated carbocycles. The first-order valence-electron chi connectivity index (χ1n) is 6.28. The number of benzene rings is 1. The Hall–Kier alpha value is -2.19. The summed E-state index contributed by atoms with van der Waals surface area (Å²) in [4.78, 5) is 8.87. The van der Waals surface area contributed by atoms with Gasteiger partial charge in [0.1, 0.15) is 0 Å². The summed E-state index contributed by atoms with van der Waals surface area (Å²) in [5, 5.41) is 0. The maximum Gasteiger partial charge on any atom is 0.0795 e. The van der Waals surface area contributed by atoms with Gasteiger partial charge in [0.05, 0.1) is 5.69 Å². The third-order valence-corrected chi connectivity index (χ3v) is 3.08. The largest absolute Gasteiger partial charge is 0.261 e. The summed E-state index contributed by atoms with van der Waals surface area (Å²) in [6, 6.07) is 18.4. The smallest absolute Gasteiger partial charge is 0.0795 e. The molecule has 0 aliphatic carbocycles. The number of rotatable bonds is 2. The van der Waals surface area contributed by atoms with E-state index in [9.17, 15) is 0 Å². The van der Waals surface area contributed by atoms with Gasteiger partial charge in [-0.2, -0.15) is 0 Å². The number of pyridine rings is 2. The molecule has 20 heavy (non-hydrogen) atoms. The molecule has 0 saturated heterocycles. The molecule has 0 aliphatic rings. The molecular formula is C17H15ClN2. The van der Waals surface area contributed by atoms with Gasteiger partial charge in [0, 0.05) is 29.2 Å². The molecule has 2 aromatic heterocycles. The summed E-state index contributed by atoms with van der Waals surface area (Å²) in [5.41, 5.74) is 5.34. The highest BCUT2D eigenvalue weighted by Crippen LogP contribution is 2.29. The van der Waals surface area contributed by atoms with Gasteiger partial charge >= 0.3 is 0 Å². The van der Waals surface area contributed by atoms with Crippen molar-refractivity contribution in [1.82, 2.24) is 9.97 Å². The van der Waals surface area contributed by atoms with Crippen LogP contribution in [0.1, 0.15) is 5.69 Å². The number of nitrogens with zero attached hydrogens (tertiary/aromatic N) is 2. The van der Waals surface area contributed by atoms with Crippen LogP contribution >= 0.6 is 12.4 Å². The zero-order chi connectivity index (χ0) is 13.1. The maximum absolute atomic E-state index is 4.51. The third kappa shape index (κ3) is 2.86. The molecule has 0 bridgehead atoms. The van der Waals surface area contributed by atoms with Gasteiger partial charge in [-0.15, -0.1) is 12.4 Å². The Morgan fingerprint density at radius 1 is 0.750 bits per heavy atom. The van der Waals surface area contributed by atoms with Crippen molar-refractivity contribution in [3.8, 4) is 22.4 Å². The van der Waals surface area contributed by atoms with Gasteiger partial charge in [0.25, 0.3) is 0 Å². The van der Waals surface area contributed by atoms with Crippen molar-refractivity contribution in [2.75, 3.05) is 0 Å². The van der Waals surface area contributed by atoms with Gasteiger partial charge in [-0.1, -0.05) is 36.4 Å². The SMILES string of the molecule is Cc1ccc(-c2ncccc2-c2ccccc2)cn1.Cl. The standard InChI is InChI=1S/C17H14N2.ClH/c1-13-9-10-15(12-19-13)17-16(8-5-11-18-17)14-6-3-2-4-7-14;/h2-12H,1H3;1H. The first-order chi connectivity index (χ1) is 9.34. The number of halogens is 1. The number of hydrogen-bond donors (Lipinski definition) is 0. The predicted octanol–water partition coefficient (Wildman–Crippen LogP) is 4.54. The van der Waals surface area contributed by atoms with E-state index in [-0.39, 0.29) is 12.4 Å². The van der Waals surface area contributed by atoms with Gasteiger partial charge < -0.3 is 0 Å². The fourth-order valence-electron chi connectivity index (χ4n) is 2.09. The monoisotopic (exact) mass is 282 g/mol. The van der Waals surface area contributed by atoms with E-state index in [1.165, 1.54) is 5.56 Å². The normalized spacial score (nSPS) is 9.85. The van der Waals surface area contributed by atoms with Crippen molar-refractivity contribution in [3.05, 3.63) is 72.7 Å². The molecule has 0 radical (unpaired) electrons. The van der Waals surface area contributed by atoms with E-state index in [1.54, 1.807) is 0 Å². The highest BCUT2D eigenvalue weighted by Gasteiger charge is 2.07. The summed E-state index contributed by atoms with van der Waals surface area (Å²) < 4.78 is 0. The highest BCUT2D eigenvalue weighted by atomic mass is 35.5. The van der Waals surface area contributed by atoms with Crippen LogP contribution in [0.2, 0.25) is 0 Å². The second-order valence-electron chi connectivity index (χ2n) is 4.45. The van der Waals surface area contributed by atoms with Gasteiger partial charge in [-0.25, -0.2) is 0 Å². The van der Waals surface area contributed by atoms with Crippen molar-refractivity contribution < 1.29 is 0 Å². The van der Waals surface area contributed by atoms with Crippen LogP contribution < -0.4 is 0 Å². The van der Waals surface area contributed by atoms with E-state index in [0.717, 1.165) is 22.5 Å². The van der Waals surface area contributed by atoms with Crippen molar-refractivity contribution in [1.29, 1.82) is 0 Å². The molecule has 0 atom stereocenters. The molecule has 0 unspecified atom stereocenters. The molecule has 3 aromatic rings. The van der Waals surface area contributed by atoms with Gasteiger partial charge in [-0.3, -0.25) is 9.97 Å². The first-order valence-corrected chi connectivity index (χ1v) is 6.28. The lowest BCUT2D eigenvalue weighted by molar-refractivity contribution is 1.19. The van der Waals surface area contributed by atoms with Crippen LogP contribution in [0.25, 0.3) is 22.4 Å². The minimum absolute atomic E-state index is 0. The average Bonchev–Trinajstić information content (AvgIpc) is 2.49. The molecule has 2 heterocycles. The first kappa shape index (κ1) is 14.2. The van der Waals surface area contributed by atoms with E-state index in [2.05, 4.69) is 34.2 Å². The van der Waals surface area contributed by atoms with Crippen LogP contribution in [-0.2, 0) is 0 Å². The lowest BCUT2D eigenvalue weighted by Gasteiger charge is -2.08. The van der Waals surface area contributed by atoms with Crippen LogP contribution in [0, 0.1) is 6.92 Å². The Bertz CT molecular complexity index is 679. The summed E-state index contributed by atoms with van der Waals surface area (Å²) in [6.07, 6.45) is 3.70. The molecule has 1 aromatic carbocycles. The van der Waals surface area contributed by atoms with Crippen molar-refractivity contribution in [2.24, 2.45) is 0 Å². The topological polar surface area (TPSA) is 25.8 Å². The molecule has 0 aliphatic heterocycles. The molecule has 3 rings (SSSR count). The van der Waals surface area contributed by atoms with Crippen LogP contribution in [0.15, 0.2) is 67.0 Å². The van der Waals surface area contributed by atoms with E-state index < -0.39 is 0 Å². The van der Waals surface area contributed by atoms with Crippen molar-refractivity contribution in [3.63, 3.8) is 0 Å². The third-order valence-electron chi connectivity index (χ3n) is 3.08. The second kappa shape index (κ2) is 6.31. The van der Waals surface area contributed by atoms with Gasteiger partial charge in [-0.05, 0) is 30.7 Å². The zero-order valence-corrected chi connectivity index (χ0v) is 12.0. The van der Waals surface area contributed by atoms with Crippen molar-refractivity contribution in [2.45, 2.75) is 6.92 Å². The minimum Gasteiger partial charge on any atom is -0.261 e. The molecule has 0 fully saturated rings. The van der Waals surface area contributed by atoms with E-state index in [0.29, 0.717) is 0 Å². The van der Waals surface area contributed by atoms with E-state index in [1.807, 2.05) is 49.6 Å².